The van der Waals surface area contributed by atoms with Gasteiger partial charge in [-0.25, -0.2) is 4.79 Å². The summed E-state index contributed by atoms with van der Waals surface area (Å²) in [5.41, 5.74) is 1.10. The lowest BCUT2D eigenvalue weighted by Gasteiger charge is -2.56. The van der Waals surface area contributed by atoms with E-state index in [1.165, 1.54) is 19.3 Å². The van der Waals surface area contributed by atoms with Gasteiger partial charge in [0.2, 0.25) is 0 Å². The predicted octanol–water partition coefficient (Wildman–Crippen LogP) is 5.44. The summed E-state index contributed by atoms with van der Waals surface area (Å²) in [5, 5.41) is 11.5. The largest absolute Gasteiger partial charge is 0.332 e. The summed E-state index contributed by atoms with van der Waals surface area (Å²) < 4.78 is 2.59. The van der Waals surface area contributed by atoms with Gasteiger partial charge in [0.15, 0.2) is 5.82 Å². The lowest BCUT2D eigenvalue weighted by Crippen LogP contribution is -2.60. The van der Waals surface area contributed by atoms with Gasteiger partial charge in [-0.2, -0.15) is 5.10 Å². The summed E-state index contributed by atoms with van der Waals surface area (Å²) >= 11 is 9.46. The zero-order valence-electron chi connectivity index (χ0n) is 15.6. The Balaban J connectivity index is 1.24. The Kier molecular flexibility index (Phi) is 4.67. The molecule has 6 rings (SSSR count). The van der Waals surface area contributed by atoms with Crippen molar-refractivity contribution in [3.8, 4) is 0 Å². The molecule has 0 saturated heterocycles. The number of nitrogens with one attached hydrogen (secondary N) is 2. The highest BCUT2D eigenvalue weighted by atomic mass is 79.9. The van der Waals surface area contributed by atoms with Gasteiger partial charge in [-0.3, -0.25) is 10.00 Å². The van der Waals surface area contributed by atoms with Gasteiger partial charge in [-0.05, 0) is 89.9 Å². The molecule has 2 N–H and O–H groups in total. The van der Waals surface area contributed by atoms with E-state index in [9.17, 15) is 4.79 Å². The molecule has 1 aromatic heterocycles. The maximum absolute atomic E-state index is 12.7. The summed E-state index contributed by atoms with van der Waals surface area (Å²) in [5.74, 6) is 2.96. The molecule has 0 atom stereocenters. The van der Waals surface area contributed by atoms with Crippen LogP contribution in [0.25, 0.3) is 0 Å². The SMILES string of the molecule is O=C(Nc1nn(Cc2ccc(Cl)cc2)cc1Br)NC12CC3CC(CC(C3)C1)C2. The number of halogens is 2. The minimum atomic E-state index is -0.139. The van der Waals surface area contributed by atoms with E-state index in [2.05, 4.69) is 31.7 Å². The van der Waals surface area contributed by atoms with Crippen LogP contribution in [0.4, 0.5) is 10.6 Å². The number of hydrogen-bond acceptors (Lipinski definition) is 2. The van der Waals surface area contributed by atoms with E-state index in [1.807, 2.05) is 35.1 Å². The van der Waals surface area contributed by atoms with E-state index in [-0.39, 0.29) is 11.6 Å². The first-order valence-electron chi connectivity index (χ1n) is 10.0. The van der Waals surface area contributed by atoms with Crippen LogP contribution in [0.3, 0.4) is 0 Å². The summed E-state index contributed by atoms with van der Waals surface area (Å²) in [6.45, 7) is 0.619. The molecule has 2 amide bonds. The summed E-state index contributed by atoms with van der Waals surface area (Å²) in [6.07, 6.45) is 9.39. The maximum Gasteiger partial charge on any atom is 0.320 e. The van der Waals surface area contributed by atoms with Crippen LogP contribution in [0.1, 0.15) is 44.1 Å². The summed E-state index contributed by atoms with van der Waals surface area (Å²) in [4.78, 5) is 12.7. The van der Waals surface area contributed by atoms with Gasteiger partial charge in [-0.1, -0.05) is 23.7 Å². The molecule has 7 heteroatoms. The molecule has 0 aliphatic heterocycles. The van der Waals surface area contributed by atoms with Gasteiger partial charge < -0.3 is 5.32 Å². The van der Waals surface area contributed by atoms with Crippen LogP contribution < -0.4 is 10.6 Å². The molecule has 1 aromatic carbocycles. The number of carbonyl (C=O) groups excluding carboxylic acids is 1. The second kappa shape index (κ2) is 7.06. The van der Waals surface area contributed by atoms with Gasteiger partial charge in [0.25, 0.3) is 0 Å². The maximum atomic E-state index is 12.7. The first-order chi connectivity index (χ1) is 13.5. The third-order valence-electron chi connectivity index (χ3n) is 6.62. The van der Waals surface area contributed by atoms with Crippen molar-refractivity contribution >= 4 is 39.4 Å². The van der Waals surface area contributed by atoms with E-state index in [4.69, 9.17) is 11.6 Å². The molecule has 0 spiro atoms. The first-order valence-corrected chi connectivity index (χ1v) is 11.2. The van der Waals surface area contributed by atoms with Crippen molar-refractivity contribution in [3.63, 3.8) is 0 Å². The summed E-state index contributed by atoms with van der Waals surface area (Å²) in [6, 6.07) is 7.55. The minimum Gasteiger partial charge on any atom is -0.332 e. The van der Waals surface area contributed by atoms with Crippen molar-refractivity contribution in [2.45, 2.75) is 50.6 Å². The van der Waals surface area contributed by atoms with Crippen molar-refractivity contribution in [1.29, 1.82) is 0 Å². The Bertz CT molecular complexity index is 859. The zero-order valence-corrected chi connectivity index (χ0v) is 18.0. The van der Waals surface area contributed by atoms with Crippen LogP contribution in [-0.2, 0) is 6.54 Å². The van der Waals surface area contributed by atoms with Crippen LogP contribution in [0.5, 0.6) is 0 Å². The Labute approximate surface area is 178 Å². The fraction of sp³-hybridized carbons (Fsp3) is 0.524. The van der Waals surface area contributed by atoms with Gasteiger partial charge >= 0.3 is 6.03 Å². The lowest BCUT2D eigenvalue weighted by molar-refractivity contribution is -0.0127. The minimum absolute atomic E-state index is 0.00280. The van der Waals surface area contributed by atoms with Crippen molar-refractivity contribution in [2.75, 3.05) is 5.32 Å². The number of rotatable bonds is 4. The van der Waals surface area contributed by atoms with Gasteiger partial charge in [-0.15, -0.1) is 0 Å². The first kappa shape index (κ1) is 18.5. The fourth-order valence-electron chi connectivity index (χ4n) is 5.98. The number of nitrogens with zero attached hydrogens (tertiary/aromatic N) is 2. The molecule has 1 heterocycles. The van der Waals surface area contributed by atoms with Crippen LogP contribution >= 0.6 is 27.5 Å². The van der Waals surface area contributed by atoms with Crippen molar-refractivity contribution in [2.24, 2.45) is 17.8 Å². The molecule has 0 radical (unpaired) electrons. The Morgan fingerprint density at radius 1 is 1.14 bits per heavy atom. The quantitative estimate of drug-likeness (QED) is 0.634. The third-order valence-corrected chi connectivity index (χ3v) is 7.46. The van der Waals surface area contributed by atoms with Crippen LogP contribution in [0.2, 0.25) is 5.02 Å². The number of carbonyl (C=O) groups is 1. The summed E-state index contributed by atoms with van der Waals surface area (Å²) in [7, 11) is 0. The molecule has 4 bridgehead atoms. The average Bonchev–Trinajstić information content (AvgIpc) is 2.94. The molecule has 4 aliphatic rings. The van der Waals surface area contributed by atoms with Gasteiger partial charge in [0.1, 0.15) is 0 Å². The Morgan fingerprint density at radius 3 is 2.36 bits per heavy atom. The lowest BCUT2D eigenvalue weighted by atomic mass is 9.53. The van der Waals surface area contributed by atoms with E-state index in [1.54, 1.807) is 0 Å². The monoisotopic (exact) mass is 462 g/mol. The van der Waals surface area contributed by atoms with Gasteiger partial charge in [0.05, 0.1) is 11.0 Å². The highest BCUT2D eigenvalue weighted by Crippen LogP contribution is 2.55. The van der Waals surface area contributed by atoms with Crippen LogP contribution in [-0.4, -0.2) is 21.4 Å². The molecule has 28 heavy (non-hydrogen) atoms. The average molecular weight is 464 g/mol. The van der Waals surface area contributed by atoms with Crippen molar-refractivity contribution in [3.05, 3.63) is 45.5 Å². The predicted molar refractivity (Wildman–Crippen MR) is 114 cm³/mol. The number of hydrogen-bond donors (Lipinski definition) is 2. The molecule has 2 aromatic rings. The molecule has 4 fully saturated rings. The number of anilines is 1. The van der Waals surface area contributed by atoms with E-state index in [0.717, 1.165) is 47.1 Å². The molecule has 4 aliphatic carbocycles. The van der Waals surface area contributed by atoms with Crippen molar-refractivity contribution < 1.29 is 4.79 Å². The zero-order chi connectivity index (χ0) is 19.3. The number of aromatic nitrogens is 2. The topological polar surface area (TPSA) is 59.0 Å². The number of benzene rings is 1. The molecule has 5 nitrogen and oxygen atoms in total. The highest BCUT2D eigenvalue weighted by Gasteiger charge is 2.51. The second-order valence-electron chi connectivity index (χ2n) is 8.93. The molecule has 4 saturated carbocycles. The fourth-order valence-corrected chi connectivity index (χ4v) is 6.52. The normalized spacial score (nSPS) is 30.4. The smallest absolute Gasteiger partial charge is 0.320 e. The van der Waals surface area contributed by atoms with E-state index in [0.29, 0.717) is 17.4 Å². The van der Waals surface area contributed by atoms with E-state index >= 15 is 0 Å². The van der Waals surface area contributed by atoms with Gasteiger partial charge in [0, 0.05) is 16.8 Å². The Hall–Kier alpha value is -1.53. The molecular formula is C21H24BrClN4O. The molecular weight excluding hydrogens is 440 g/mol. The standard InChI is InChI=1S/C21H24BrClN4O/c22-18-12-27(11-13-1-3-17(23)4-2-13)26-19(18)24-20(28)25-21-8-14-5-15(9-21)7-16(6-14)10-21/h1-4,12,14-16H,5-11H2,(H2,24,25,26,28). The number of amides is 2. The number of urea groups is 1. The Morgan fingerprint density at radius 2 is 1.75 bits per heavy atom. The van der Waals surface area contributed by atoms with Crippen molar-refractivity contribution in [1.82, 2.24) is 15.1 Å². The molecule has 0 unspecified atom stereocenters. The highest BCUT2D eigenvalue weighted by molar-refractivity contribution is 9.10. The third kappa shape index (κ3) is 3.69. The molecule has 148 valence electrons. The van der Waals surface area contributed by atoms with E-state index < -0.39 is 0 Å². The second-order valence-corrected chi connectivity index (χ2v) is 10.2. The van der Waals surface area contributed by atoms with Crippen LogP contribution in [0, 0.1) is 17.8 Å². The van der Waals surface area contributed by atoms with Crippen LogP contribution in [0.15, 0.2) is 34.9 Å².